The van der Waals surface area contributed by atoms with Crippen LogP contribution in [0.5, 0.6) is 0 Å². The first-order valence-electron chi connectivity index (χ1n) is 7.01. The second kappa shape index (κ2) is 7.53. The van der Waals surface area contributed by atoms with E-state index in [2.05, 4.69) is 10.6 Å². The number of hydrogen-bond acceptors (Lipinski definition) is 5. The van der Waals surface area contributed by atoms with Crippen molar-refractivity contribution in [3.8, 4) is 0 Å². The number of morpholine rings is 1. The summed E-state index contributed by atoms with van der Waals surface area (Å²) < 4.78 is 5.61. The van der Waals surface area contributed by atoms with E-state index in [0.717, 1.165) is 4.88 Å². The maximum absolute atomic E-state index is 11.8. The summed E-state index contributed by atoms with van der Waals surface area (Å²) in [5.41, 5.74) is 0. The molecule has 0 spiro atoms. The van der Waals surface area contributed by atoms with Crippen LogP contribution in [0.25, 0.3) is 0 Å². The second-order valence-electron chi connectivity index (χ2n) is 5.26. The summed E-state index contributed by atoms with van der Waals surface area (Å²) in [7, 11) is 0. The first-order chi connectivity index (χ1) is 10.0. The summed E-state index contributed by atoms with van der Waals surface area (Å²) in [6, 6.07) is 3.40. The van der Waals surface area contributed by atoms with Gasteiger partial charge in [0.1, 0.15) is 0 Å². The van der Waals surface area contributed by atoms with E-state index >= 15 is 0 Å². The molecule has 21 heavy (non-hydrogen) atoms. The van der Waals surface area contributed by atoms with Crippen LogP contribution in [0, 0.1) is 0 Å². The molecule has 0 radical (unpaired) electrons. The van der Waals surface area contributed by atoms with E-state index in [1.54, 1.807) is 11.3 Å². The lowest BCUT2D eigenvalue weighted by Gasteiger charge is -2.34. The van der Waals surface area contributed by atoms with Crippen molar-refractivity contribution >= 4 is 23.3 Å². The third-order valence-electron chi connectivity index (χ3n) is 3.12. The highest BCUT2D eigenvalue weighted by Gasteiger charge is 2.24. The average molecular weight is 311 g/mol. The van der Waals surface area contributed by atoms with Gasteiger partial charge in [-0.3, -0.25) is 15.0 Å². The van der Waals surface area contributed by atoms with Gasteiger partial charge in [-0.25, -0.2) is 4.79 Å². The SMILES string of the molecule is C[C@@H]1CN(CC(=O)NC(=O)NCc2cccs2)C[C@@H](C)O1. The van der Waals surface area contributed by atoms with E-state index in [9.17, 15) is 9.59 Å². The first-order valence-corrected chi connectivity index (χ1v) is 7.89. The molecule has 0 bridgehead atoms. The minimum absolute atomic E-state index is 0.106. The van der Waals surface area contributed by atoms with Gasteiger partial charge in [-0.05, 0) is 25.3 Å². The highest BCUT2D eigenvalue weighted by molar-refractivity contribution is 7.09. The summed E-state index contributed by atoms with van der Waals surface area (Å²) >= 11 is 1.56. The molecule has 0 unspecified atom stereocenters. The highest BCUT2D eigenvalue weighted by atomic mass is 32.1. The van der Waals surface area contributed by atoms with Crippen LogP contribution in [0.4, 0.5) is 4.79 Å². The number of hydrogen-bond donors (Lipinski definition) is 2. The number of ether oxygens (including phenoxy) is 1. The Bertz CT molecular complexity index is 468. The molecule has 2 atom stereocenters. The number of thiophene rings is 1. The largest absolute Gasteiger partial charge is 0.373 e. The summed E-state index contributed by atoms with van der Waals surface area (Å²) in [4.78, 5) is 26.5. The predicted molar refractivity (Wildman–Crippen MR) is 81.1 cm³/mol. The lowest BCUT2D eigenvalue weighted by molar-refractivity contribution is -0.124. The molecule has 0 saturated carbocycles. The summed E-state index contributed by atoms with van der Waals surface area (Å²) in [5, 5.41) is 6.96. The first kappa shape index (κ1) is 15.9. The molecule has 0 aliphatic carbocycles. The number of carbonyl (C=O) groups excluding carboxylic acids is 2. The van der Waals surface area contributed by atoms with Crippen molar-refractivity contribution in [2.24, 2.45) is 0 Å². The zero-order chi connectivity index (χ0) is 15.2. The molecule has 2 heterocycles. The van der Waals surface area contributed by atoms with Crippen LogP contribution in [0.2, 0.25) is 0 Å². The third kappa shape index (κ3) is 5.45. The second-order valence-corrected chi connectivity index (χ2v) is 6.29. The van der Waals surface area contributed by atoms with E-state index in [4.69, 9.17) is 4.74 Å². The Labute approximate surface area is 128 Å². The van der Waals surface area contributed by atoms with E-state index < -0.39 is 6.03 Å². The minimum atomic E-state index is -0.456. The van der Waals surface area contributed by atoms with Crippen LogP contribution in [-0.2, 0) is 16.1 Å². The molecular weight excluding hydrogens is 290 g/mol. The van der Waals surface area contributed by atoms with Crippen LogP contribution in [-0.4, -0.2) is 48.7 Å². The number of rotatable bonds is 4. The topological polar surface area (TPSA) is 70.7 Å². The average Bonchev–Trinajstić information content (AvgIpc) is 2.87. The maximum atomic E-state index is 11.8. The zero-order valence-corrected chi connectivity index (χ0v) is 13.1. The van der Waals surface area contributed by atoms with Crippen molar-refractivity contribution < 1.29 is 14.3 Å². The van der Waals surface area contributed by atoms with Gasteiger partial charge in [0.05, 0.1) is 25.3 Å². The Balaban J connectivity index is 1.69. The zero-order valence-electron chi connectivity index (χ0n) is 12.3. The fraction of sp³-hybridized carbons (Fsp3) is 0.571. The Hall–Kier alpha value is -1.44. The molecule has 7 heteroatoms. The van der Waals surface area contributed by atoms with E-state index in [1.807, 2.05) is 36.3 Å². The molecule has 6 nitrogen and oxygen atoms in total. The molecule has 116 valence electrons. The van der Waals surface area contributed by atoms with Crippen LogP contribution >= 0.6 is 11.3 Å². The van der Waals surface area contributed by atoms with Gasteiger partial charge < -0.3 is 10.1 Å². The fourth-order valence-corrected chi connectivity index (χ4v) is 3.05. The molecule has 1 aromatic heterocycles. The molecule has 1 saturated heterocycles. The number of imide groups is 1. The monoisotopic (exact) mass is 311 g/mol. The fourth-order valence-electron chi connectivity index (χ4n) is 2.41. The number of nitrogens with zero attached hydrogens (tertiary/aromatic N) is 1. The van der Waals surface area contributed by atoms with Crippen molar-refractivity contribution in [3.05, 3.63) is 22.4 Å². The van der Waals surface area contributed by atoms with Gasteiger partial charge in [0.15, 0.2) is 0 Å². The van der Waals surface area contributed by atoms with Crippen molar-refractivity contribution in [1.82, 2.24) is 15.5 Å². The molecule has 1 aliphatic rings. The van der Waals surface area contributed by atoms with Crippen LogP contribution in [0.3, 0.4) is 0 Å². The lowest BCUT2D eigenvalue weighted by Crippen LogP contribution is -2.50. The number of amides is 3. The molecule has 1 aromatic rings. The van der Waals surface area contributed by atoms with Gasteiger partial charge in [0, 0.05) is 18.0 Å². The van der Waals surface area contributed by atoms with Gasteiger partial charge in [-0.1, -0.05) is 6.07 Å². The molecular formula is C14H21N3O3S. The third-order valence-corrected chi connectivity index (χ3v) is 4.00. The van der Waals surface area contributed by atoms with E-state index in [0.29, 0.717) is 19.6 Å². The smallest absolute Gasteiger partial charge is 0.321 e. The Morgan fingerprint density at radius 2 is 2.10 bits per heavy atom. The molecule has 3 amide bonds. The van der Waals surface area contributed by atoms with Crippen molar-refractivity contribution in [2.45, 2.75) is 32.6 Å². The summed E-state index contributed by atoms with van der Waals surface area (Å²) in [5.74, 6) is -0.292. The number of carbonyl (C=O) groups is 2. The van der Waals surface area contributed by atoms with Crippen LogP contribution < -0.4 is 10.6 Å². The van der Waals surface area contributed by atoms with Gasteiger partial charge in [-0.2, -0.15) is 0 Å². The minimum Gasteiger partial charge on any atom is -0.373 e. The Morgan fingerprint density at radius 1 is 1.38 bits per heavy atom. The van der Waals surface area contributed by atoms with Gasteiger partial charge >= 0.3 is 6.03 Å². The molecule has 1 aliphatic heterocycles. The van der Waals surface area contributed by atoms with Crippen molar-refractivity contribution in [1.29, 1.82) is 0 Å². The summed E-state index contributed by atoms with van der Waals surface area (Å²) in [6.07, 6.45) is 0.211. The van der Waals surface area contributed by atoms with Gasteiger partial charge in [0.2, 0.25) is 5.91 Å². The standard InChI is InChI=1S/C14H21N3O3S/c1-10-7-17(8-11(2)20-10)9-13(18)16-14(19)15-6-12-4-3-5-21-12/h3-5,10-11H,6-9H2,1-2H3,(H2,15,16,18,19)/t10-,11-/m1/s1. The van der Waals surface area contributed by atoms with Gasteiger partial charge in [-0.15, -0.1) is 11.3 Å². The Kier molecular flexibility index (Phi) is 5.72. The molecule has 2 N–H and O–H groups in total. The van der Waals surface area contributed by atoms with E-state index in [-0.39, 0.29) is 24.7 Å². The quantitative estimate of drug-likeness (QED) is 0.876. The Morgan fingerprint density at radius 3 is 2.71 bits per heavy atom. The lowest BCUT2D eigenvalue weighted by atomic mass is 10.2. The number of urea groups is 1. The highest BCUT2D eigenvalue weighted by Crippen LogP contribution is 2.10. The predicted octanol–water partition coefficient (Wildman–Crippen LogP) is 1.18. The van der Waals surface area contributed by atoms with Gasteiger partial charge in [0.25, 0.3) is 0 Å². The van der Waals surface area contributed by atoms with Crippen molar-refractivity contribution in [2.75, 3.05) is 19.6 Å². The van der Waals surface area contributed by atoms with E-state index in [1.165, 1.54) is 0 Å². The van der Waals surface area contributed by atoms with Crippen molar-refractivity contribution in [3.63, 3.8) is 0 Å². The molecule has 2 rings (SSSR count). The molecule has 1 fully saturated rings. The van der Waals surface area contributed by atoms with Crippen LogP contribution in [0.1, 0.15) is 18.7 Å². The maximum Gasteiger partial charge on any atom is 0.321 e. The number of nitrogens with one attached hydrogen (secondary N) is 2. The van der Waals surface area contributed by atoms with Crippen LogP contribution in [0.15, 0.2) is 17.5 Å². The molecule has 0 aromatic carbocycles. The summed E-state index contributed by atoms with van der Waals surface area (Å²) in [6.45, 7) is 6.01. The normalized spacial score (nSPS) is 22.8.